The molecular weight excluding hydrogens is 238 g/mol. The SMILES string of the molecule is CN(C)C(=O)c1ccc(NCc2cccn2C)cc1. The van der Waals surface area contributed by atoms with Crippen LogP contribution in [0.1, 0.15) is 16.1 Å². The Hall–Kier alpha value is -2.23. The van der Waals surface area contributed by atoms with E-state index in [1.807, 2.05) is 43.6 Å². The Morgan fingerprint density at radius 2 is 1.89 bits per heavy atom. The number of benzene rings is 1. The number of hydrogen-bond acceptors (Lipinski definition) is 2. The Morgan fingerprint density at radius 1 is 1.21 bits per heavy atom. The van der Waals surface area contributed by atoms with Gasteiger partial charge in [-0.25, -0.2) is 0 Å². The van der Waals surface area contributed by atoms with E-state index in [1.54, 1.807) is 19.0 Å². The van der Waals surface area contributed by atoms with Crippen LogP contribution in [0.25, 0.3) is 0 Å². The van der Waals surface area contributed by atoms with E-state index in [0.717, 1.165) is 12.2 Å². The zero-order chi connectivity index (χ0) is 13.8. The van der Waals surface area contributed by atoms with Crippen molar-refractivity contribution in [3.63, 3.8) is 0 Å². The van der Waals surface area contributed by atoms with Crippen molar-refractivity contribution in [3.8, 4) is 0 Å². The van der Waals surface area contributed by atoms with E-state index in [2.05, 4.69) is 16.0 Å². The fraction of sp³-hybridized carbons (Fsp3) is 0.267. The molecule has 100 valence electrons. The van der Waals surface area contributed by atoms with Crippen molar-refractivity contribution in [2.45, 2.75) is 6.54 Å². The first-order valence-corrected chi connectivity index (χ1v) is 6.23. The summed E-state index contributed by atoms with van der Waals surface area (Å²) in [6.45, 7) is 0.768. The summed E-state index contributed by atoms with van der Waals surface area (Å²) in [6.07, 6.45) is 2.02. The second-order valence-corrected chi connectivity index (χ2v) is 4.74. The molecule has 1 heterocycles. The van der Waals surface area contributed by atoms with Crippen molar-refractivity contribution in [3.05, 3.63) is 53.9 Å². The number of nitrogens with zero attached hydrogens (tertiary/aromatic N) is 2. The Balaban J connectivity index is 1.99. The van der Waals surface area contributed by atoms with Crippen molar-refractivity contribution in [1.29, 1.82) is 0 Å². The molecule has 2 rings (SSSR count). The normalized spacial score (nSPS) is 10.3. The monoisotopic (exact) mass is 257 g/mol. The Bertz CT molecular complexity index is 555. The average molecular weight is 257 g/mol. The van der Waals surface area contributed by atoms with E-state index in [-0.39, 0.29) is 5.91 Å². The highest BCUT2D eigenvalue weighted by Crippen LogP contribution is 2.12. The van der Waals surface area contributed by atoms with Gasteiger partial charge in [0.2, 0.25) is 0 Å². The van der Waals surface area contributed by atoms with Gasteiger partial charge in [0.25, 0.3) is 5.91 Å². The van der Waals surface area contributed by atoms with E-state index in [0.29, 0.717) is 5.56 Å². The molecule has 19 heavy (non-hydrogen) atoms. The lowest BCUT2D eigenvalue weighted by Crippen LogP contribution is -2.21. The summed E-state index contributed by atoms with van der Waals surface area (Å²) in [5.41, 5.74) is 2.93. The quantitative estimate of drug-likeness (QED) is 0.913. The fourth-order valence-electron chi connectivity index (χ4n) is 1.86. The highest BCUT2D eigenvalue weighted by atomic mass is 16.2. The summed E-state index contributed by atoms with van der Waals surface area (Å²) >= 11 is 0. The summed E-state index contributed by atoms with van der Waals surface area (Å²) in [5, 5.41) is 3.34. The van der Waals surface area contributed by atoms with Gasteiger partial charge in [-0.1, -0.05) is 0 Å². The number of nitrogens with one attached hydrogen (secondary N) is 1. The molecule has 1 amide bonds. The van der Waals surface area contributed by atoms with E-state index in [1.165, 1.54) is 5.69 Å². The number of rotatable bonds is 4. The summed E-state index contributed by atoms with van der Waals surface area (Å²) in [5.74, 6) is 0.0222. The van der Waals surface area contributed by atoms with Gasteiger partial charge in [0.05, 0.1) is 6.54 Å². The maximum atomic E-state index is 11.7. The van der Waals surface area contributed by atoms with Gasteiger partial charge in [0.15, 0.2) is 0 Å². The predicted molar refractivity (Wildman–Crippen MR) is 77.2 cm³/mol. The van der Waals surface area contributed by atoms with Crippen LogP contribution in [-0.4, -0.2) is 29.5 Å². The van der Waals surface area contributed by atoms with Crippen molar-refractivity contribution in [2.24, 2.45) is 7.05 Å². The van der Waals surface area contributed by atoms with Gasteiger partial charge in [-0.2, -0.15) is 0 Å². The van der Waals surface area contributed by atoms with E-state index in [4.69, 9.17) is 0 Å². The zero-order valence-corrected chi connectivity index (χ0v) is 11.6. The minimum Gasteiger partial charge on any atom is -0.379 e. The molecule has 0 aliphatic rings. The standard InChI is InChI=1S/C15H19N3O/c1-17(2)15(19)12-6-8-13(9-7-12)16-11-14-5-4-10-18(14)3/h4-10,16H,11H2,1-3H3. The van der Waals surface area contributed by atoms with E-state index >= 15 is 0 Å². The molecule has 0 saturated carbocycles. The largest absolute Gasteiger partial charge is 0.379 e. The third-order valence-electron chi connectivity index (χ3n) is 3.06. The van der Waals surface area contributed by atoms with Crippen LogP contribution in [0.4, 0.5) is 5.69 Å². The minimum absolute atomic E-state index is 0.0222. The minimum atomic E-state index is 0.0222. The number of amides is 1. The first-order valence-electron chi connectivity index (χ1n) is 6.23. The van der Waals surface area contributed by atoms with Gasteiger partial charge in [0.1, 0.15) is 0 Å². The summed E-state index contributed by atoms with van der Waals surface area (Å²) in [7, 11) is 5.53. The first-order chi connectivity index (χ1) is 9.08. The van der Waals surface area contributed by atoms with Crippen molar-refractivity contribution in [1.82, 2.24) is 9.47 Å². The molecule has 1 aromatic carbocycles. The number of carbonyl (C=O) groups is 1. The van der Waals surface area contributed by atoms with Crippen molar-refractivity contribution >= 4 is 11.6 Å². The number of hydrogen-bond donors (Lipinski definition) is 1. The Labute approximate surface area is 113 Å². The molecule has 0 radical (unpaired) electrons. The van der Waals surface area contributed by atoms with Crippen LogP contribution in [0.2, 0.25) is 0 Å². The second kappa shape index (κ2) is 5.61. The average Bonchev–Trinajstić information content (AvgIpc) is 2.81. The van der Waals surface area contributed by atoms with Crippen LogP contribution in [-0.2, 0) is 13.6 Å². The third kappa shape index (κ3) is 3.16. The predicted octanol–water partition coefficient (Wildman–Crippen LogP) is 2.34. The highest BCUT2D eigenvalue weighted by Gasteiger charge is 2.07. The van der Waals surface area contributed by atoms with Crippen LogP contribution < -0.4 is 5.32 Å². The number of aryl methyl sites for hydroxylation is 1. The van der Waals surface area contributed by atoms with Crippen molar-refractivity contribution < 1.29 is 4.79 Å². The van der Waals surface area contributed by atoms with Gasteiger partial charge >= 0.3 is 0 Å². The smallest absolute Gasteiger partial charge is 0.253 e. The Morgan fingerprint density at radius 3 is 2.42 bits per heavy atom. The summed E-state index contributed by atoms with van der Waals surface area (Å²) in [6, 6.07) is 11.7. The third-order valence-corrected chi connectivity index (χ3v) is 3.06. The van der Waals surface area contributed by atoms with Gasteiger partial charge in [-0.15, -0.1) is 0 Å². The van der Waals surface area contributed by atoms with Crippen LogP contribution in [0.5, 0.6) is 0 Å². The van der Waals surface area contributed by atoms with Crippen LogP contribution in [0.3, 0.4) is 0 Å². The van der Waals surface area contributed by atoms with Gasteiger partial charge in [-0.3, -0.25) is 4.79 Å². The Kier molecular flexibility index (Phi) is 3.90. The summed E-state index contributed by atoms with van der Waals surface area (Å²) in [4.78, 5) is 13.3. The first kappa shape index (κ1) is 13.2. The molecule has 0 bridgehead atoms. The molecule has 1 N–H and O–H groups in total. The lowest BCUT2D eigenvalue weighted by Gasteiger charge is -2.11. The van der Waals surface area contributed by atoms with E-state index < -0.39 is 0 Å². The molecule has 0 aliphatic carbocycles. The van der Waals surface area contributed by atoms with Gasteiger partial charge < -0.3 is 14.8 Å². The summed E-state index contributed by atoms with van der Waals surface area (Å²) < 4.78 is 2.08. The molecule has 0 unspecified atom stereocenters. The lowest BCUT2D eigenvalue weighted by molar-refractivity contribution is 0.0827. The topological polar surface area (TPSA) is 37.3 Å². The molecule has 1 aromatic heterocycles. The number of anilines is 1. The van der Waals surface area contributed by atoms with Crippen LogP contribution in [0, 0.1) is 0 Å². The molecular formula is C15H19N3O. The van der Waals surface area contributed by atoms with Crippen LogP contribution >= 0.6 is 0 Å². The molecule has 0 spiro atoms. The fourth-order valence-corrected chi connectivity index (χ4v) is 1.86. The number of aromatic nitrogens is 1. The van der Waals surface area contributed by atoms with Gasteiger partial charge in [0, 0.05) is 44.3 Å². The van der Waals surface area contributed by atoms with E-state index in [9.17, 15) is 4.79 Å². The zero-order valence-electron chi connectivity index (χ0n) is 11.6. The molecule has 0 aliphatic heterocycles. The van der Waals surface area contributed by atoms with Crippen molar-refractivity contribution in [2.75, 3.05) is 19.4 Å². The van der Waals surface area contributed by atoms with Crippen LogP contribution in [0.15, 0.2) is 42.6 Å². The maximum Gasteiger partial charge on any atom is 0.253 e. The molecule has 0 fully saturated rings. The molecule has 2 aromatic rings. The highest BCUT2D eigenvalue weighted by molar-refractivity contribution is 5.94. The maximum absolute atomic E-state index is 11.7. The lowest BCUT2D eigenvalue weighted by atomic mass is 10.2. The van der Waals surface area contributed by atoms with Gasteiger partial charge in [-0.05, 0) is 36.4 Å². The molecule has 0 atom stereocenters. The molecule has 0 saturated heterocycles. The molecule has 4 heteroatoms. The number of carbonyl (C=O) groups excluding carboxylic acids is 1. The second-order valence-electron chi connectivity index (χ2n) is 4.74. The molecule has 4 nitrogen and oxygen atoms in total.